The molecule has 0 bridgehead atoms. The molecule has 1 fully saturated rings. The minimum absolute atomic E-state index is 0.103. The van der Waals surface area contributed by atoms with Crippen LogP contribution in [0.25, 0.3) is 0 Å². The Hall–Kier alpha value is -0.920. The van der Waals surface area contributed by atoms with Gasteiger partial charge in [0.15, 0.2) is 5.03 Å². The summed E-state index contributed by atoms with van der Waals surface area (Å²) in [6, 6.07) is 0.243. The van der Waals surface area contributed by atoms with Crippen molar-refractivity contribution in [2.45, 2.75) is 44.3 Å². The highest BCUT2D eigenvalue weighted by molar-refractivity contribution is 7.89. The van der Waals surface area contributed by atoms with Crippen molar-refractivity contribution in [3.63, 3.8) is 0 Å². The van der Waals surface area contributed by atoms with E-state index in [1.54, 1.807) is 12.5 Å². The van der Waals surface area contributed by atoms with Gasteiger partial charge in [0.05, 0.1) is 6.33 Å². The summed E-state index contributed by atoms with van der Waals surface area (Å²) < 4.78 is 28.6. The lowest BCUT2D eigenvalue weighted by atomic mass is 10.2. The Balaban J connectivity index is 1.96. The zero-order valence-electron chi connectivity index (χ0n) is 11.5. The predicted octanol–water partition coefficient (Wildman–Crippen LogP) is 0.569. The number of hydrogen-bond acceptors (Lipinski definition) is 4. The molecule has 2 rings (SSSR count). The monoisotopic (exact) mass is 286 g/mol. The van der Waals surface area contributed by atoms with Crippen LogP contribution in [0.3, 0.4) is 0 Å². The molecule has 2 heterocycles. The molecule has 1 aliphatic rings. The highest BCUT2D eigenvalue weighted by atomic mass is 32.2. The number of aromatic nitrogens is 2. The van der Waals surface area contributed by atoms with Crippen molar-refractivity contribution in [3.05, 3.63) is 12.5 Å². The molecule has 0 radical (unpaired) electrons. The molecule has 1 aromatic heterocycles. The summed E-state index contributed by atoms with van der Waals surface area (Å²) in [5, 5.41) is 3.36. The van der Waals surface area contributed by atoms with Gasteiger partial charge in [0.25, 0.3) is 10.0 Å². The normalized spacial score (nSPS) is 20.3. The molecule has 7 heteroatoms. The summed E-state index contributed by atoms with van der Waals surface area (Å²) >= 11 is 0. The van der Waals surface area contributed by atoms with Crippen LogP contribution in [0.5, 0.6) is 0 Å². The SMILES string of the molecule is CC(C)Cn1cnc(S(=O)(=O)NCC2CCCN2)c1. The first-order valence-electron chi connectivity index (χ1n) is 6.72. The number of rotatable bonds is 6. The fourth-order valence-corrected chi connectivity index (χ4v) is 3.24. The molecule has 6 nitrogen and oxygen atoms in total. The Morgan fingerprint density at radius 2 is 2.37 bits per heavy atom. The van der Waals surface area contributed by atoms with Crippen LogP contribution < -0.4 is 10.0 Å². The van der Waals surface area contributed by atoms with Crippen molar-refractivity contribution in [1.82, 2.24) is 19.6 Å². The smallest absolute Gasteiger partial charge is 0.259 e. The summed E-state index contributed by atoms with van der Waals surface area (Å²) in [7, 11) is -3.48. The third-order valence-electron chi connectivity index (χ3n) is 3.14. The second-order valence-electron chi connectivity index (χ2n) is 5.45. The van der Waals surface area contributed by atoms with Crippen LogP contribution in [0.15, 0.2) is 17.6 Å². The van der Waals surface area contributed by atoms with Crippen LogP contribution in [-0.4, -0.2) is 37.1 Å². The molecule has 1 aliphatic heterocycles. The maximum Gasteiger partial charge on any atom is 0.259 e. The lowest BCUT2D eigenvalue weighted by Gasteiger charge is -2.10. The average Bonchev–Trinajstić information content (AvgIpc) is 2.96. The van der Waals surface area contributed by atoms with E-state index < -0.39 is 10.0 Å². The third-order valence-corrected chi connectivity index (χ3v) is 4.45. The van der Waals surface area contributed by atoms with Crippen molar-refractivity contribution in [2.24, 2.45) is 5.92 Å². The quantitative estimate of drug-likeness (QED) is 0.801. The van der Waals surface area contributed by atoms with E-state index in [1.165, 1.54) is 0 Å². The summed E-state index contributed by atoms with van der Waals surface area (Å²) in [6.45, 7) is 6.33. The van der Waals surface area contributed by atoms with E-state index in [9.17, 15) is 8.42 Å². The van der Waals surface area contributed by atoms with Crippen LogP contribution in [0.4, 0.5) is 0 Å². The lowest BCUT2D eigenvalue weighted by molar-refractivity contribution is 0.521. The second kappa shape index (κ2) is 6.02. The maximum atomic E-state index is 12.1. The fraction of sp³-hybridized carbons (Fsp3) is 0.750. The molecule has 19 heavy (non-hydrogen) atoms. The van der Waals surface area contributed by atoms with Crippen molar-refractivity contribution in [2.75, 3.05) is 13.1 Å². The Morgan fingerprint density at radius 1 is 1.58 bits per heavy atom. The van der Waals surface area contributed by atoms with E-state index in [0.717, 1.165) is 25.9 Å². The second-order valence-corrected chi connectivity index (χ2v) is 7.16. The molecule has 1 atom stereocenters. The molecule has 1 unspecified atom stereocenters. The first kappa shape index (κ1) is 14.5. The van der Waals surface area contributed by atoms with Gasteiger partial charge in [-0.15, -0.1) is 0 Å². The molecule has 0 saturated carbocycles. The zero-order chi connectivity index (χ0) is 13.9. The average molecular weight is 286 g/mol. The van der Waals surface area contributed by atoms with Gasteiger partial charge in [0.1, 0.15) is 0 Å². The van der Waals surface area contributed by atoms with Gasteiger partial charge >= 0.3 is 0 Å². The maximum absolute atomic E-state index is 12.1. The first-order valence-corrected chi connectivity index (χ1v) is 8.20. The number of nitrogens with one attached hydrogen (secondary N) is 2. The van der Waals surface area contributed by atoms with Crippen LogP contribution in [0.2, 0.25) is 0 Å². The third kappa shape index (κ3) is 4.02. The van der Waals surface area contributed by atoms with Gasteiger partial charge in [0, 0.05) is 25.3 Å². The van der Waals surface area contributed by atoms with Crippen molar-refractivity contribution in [1.29, 1.82) is 0 Å². The standard InChI is InChI=1S/C12H22N4O2S/c1-10(2)7-16-8-12(14-9-16)19(17,18)15-6-11-4-3-5-13-11/h8-11,13,15H,3-7H2,1-2H3. The Labute approximate surface area is 114 Å². The predicted molar refractivity (Wildman–Crippen MR) is 73.3 cm³/mol. The van der Waals surface area contributed by atoms with Gasteiger partial charge in [-0.3, -0.25) is 0 Å². The van der Waals surface area contributed by atoms with Gasteiger partial charge in [-0.05, 0) is 25.3 Å². The number of imidazole rings is 1. The first-order chi connectivity index (χ1) is 8.97. The van der Waals surface area contributed by atoms with Crippen molar-refractivity contribution >= 4 is 10.0 Å². The molecule has 0 spiro atoms. The van der Waals surface area contributed by atoms with Crippen LogP contribution in [0, 0.1) is 5.92 Å². The van der Waals surface area contributed by atoms with E-state index >= 15 is 0 Å². The zero-order valence-corrected chi connectivity index (χ0v) is 12.3. The molecule has 108 valence electrons. The molecule has 1 aromatic rings. The van der Waals surface area contributed by atoms with Gasteiger partial charge in [-0.1, -0.05) is 13.8 Å². The minimum atomic E-state index is -3.48. The van der Waals surface area contributed by atoms with Crippen LogP contribution in [0.1, 0.15) is 26.7 Å². The molecule has 0 aromatic carbocycles. The van der Waals surface area contributed by atoms with Gasteiger partial charge < -0.3 is 9.88 Å². The minimum Gasteiger partial charge on any atom is -0.336 e. The Kier molecular flexibility index (Phi) is 4.59. The fourth-order valence-electron chi connectivity index (χ4n) is 2.22. The van der Waals surface area contributed by atoms with E-state index in [0.29, 0.717) is 12.5 Å². The van der Waals surface area contributed by atoms with Gasteiger partial charge in [0.2, 0.25) is 0 Å². The number of nitrogens with zero attached hydrogens (tertiary/aromatic N) is 2. The summed E-state index contributed by atoms with van der Waals surface area (Å²) in [5.41, 5.74) is 0. The van der Waals surface area contributed by atoms with E-state index in [4.69, 9.17) is 0 Å². The highest BCUT2D eigenvalue weighted by Crippen LogP contribution is 2.09. The topological polar surface area (TPSA) is 76.0 Å². The summed E-state index contributed by atoms with van der Waals surface area (Å²) in [4.78, 5) is 3.98. The molecule has 0 aliphatic carbocycles. The molecule has 2 N–H and O–H groups in total. The van der Waals surface area contributed by atoms with Crippen LogP contribution >= 0.6 is 0 Å². The summed E-state index contributed by atoms with van der Waals surface area (Å²) in [6.07, 6.45) is 5.28. The van der Waals surface area contributed by atoms with E-state index in [2.05, 4.69) is 28.9 Å². The van der Waals surface area contributed by atoms with Crippen molar-refractivity contribution in [3.8, 4) is 0 Å². The van der Waals surface area contributed by atoms with Gasteiger partial charge in [-0.25, -0.2) is 18.1 Å². The number of hydrogen-bond donors (Lipinski definition) is 2. The molecular formula is C12H22N4O2S. The van der Waals surface area contributed by atoms with E-state index in [1.807, 2.05) is 4.57 Å². The lowest BCUT2D eigenvalue weighted by Crippen LogP contribution is -2.37. The largest absolute Gasteiger partial charge is 0.336 e. The van der Waals surface area contributed by atoms with Crippen molar-refractivity contribution < 1.29 is 8.42 Å². The molecule has 1 saturated heterocycles. The number of sulfonamides is 1. The molecule has 0 amide bonds. The van der Waals surface area contributed by atoms with E-state index in [-0.39, 0.29) is 11.1 Å². The highest BCUT2D eigenvalue weighted by Gasteiger charge is 2.21. The Bertz CT molecular complexity index is 504. The summed E-state index contributed by atoms with van der Waals surface area (Å²) in [5.74, 6) is 0.459. The van der Waals surface area contributed by atoms with Crippen LogP contribution in [-0.2, 0) is 16.6 Å². The molecular weight excluding hydrogens is 264 g/mol. The van der Waals surface area contributed by atoms with Gasteiger partial charge in [-0.2, -0.15) is 0 Å². The Morgan fingerprint density at radius 3 is 3.00 bits per heavy atom.